The summed E-state index contributed by atoms with van der Waals surface area (Å²) in [6.45, 7) is 8.03. The molecule has 0 N–H and O–H groups in total. The van der Waals surface area contributed by atoms with Gasteiger partial charge in [0.2, 0.25) is 0 Å². The number of halogens is 1. The highest BCUT2D eigenvalue weighted by Gasteiger charge is 2.61. The first-order chi connectivity index (χ1) is 6.41. The molecule has 15 heavy (non-hydrogen) atoms. The molecule has 0 aliphatic heterocycles. The average molecular weight is 274 g/mol. The van der Waals surface area contributed by atoms with Crippen LogP contribution in [0.3, 0.4) is 0 Å². The van der Waals surface area contributed by atoms with Crippen molar-refractivity contribution in [2.45, 2.75) is 27.7 Å². The van der Waals surface area contributed by atoms with Crippen LogP contribution in [0.1, 0.15) is 27.7 Å². The van der Waals surface area contributed by atoms with Gasteiger partial charge in [-0.15, -0.1) is 22.2 Å². The third-order valence-corrected chi connectivity index (χ3v) is 2.82. The van der Waals surface area contributed by atoms with E-state index in [2.05, 4.69) is 10.8 Å². The predicted octanol–water partition coefficient (Wildman–Crippen LogP) is 2.83. The Morgan fingerprint density at radius 2 is 2.00 bits per heavy atom. The molecule has 0 heterocycles. The zero-order valence-corrected chi connectivity index (χ0v) is 11.1. The van der Waals surface area contributed by atoms with Gasteiger partial charge in [-0.2, -0.15) is 0 Å². The highest BCUT2D eigenvalue weighted by molar-refractivity contribution is 8.93. The van der Waals surface area contributed by atoms with Gasteiger partial charge in [0.05, 0.1) is 5.92 Å². The summed E-state index contributed by atoms with van der Waals surface area (Å²) < 4.78 is 4.35. The van der Waals surface area contributed by atoms with E-state index in [4.69, 9.17) is 5.26 Å². The Hall–Kier alpha value is -0.820. The van der Waals surface area contributed by atoms with E-state index in [-0.39, 0.29) is 34.2 Å². The summed E-state index contributed by atoms with van der Waals surface area (Å²) >= 11 is 0. The van der Waals surface area contributed by atoms with E-state index < -0.39 is 5.97 Å². The normalized spacial score (nSPS) is 25.5. The number of nitrogens with zero attached hydrogens (tertiary/aromatic N) is 1. The minimum absolute atomic E-state index is 0. The standard InChI is InChI=1S/C11H15NO2.BrH/c1-7(2)5-8-9(11(8,3)4)10(13)14-6-12;/h5,8-9H,1-4H3;1H. The maximum Gasteiger partial charge on any atom is 0.325 e. The molecular formula is C11H16BrNO2. The van der Waals surface area contributed by atoms with Crippen molar-refractivity contribution >= 4 is 23.0 Å². The lowest BCUT2D eigenvalue weighted by molar-refractivity contribution is -0.139. The first-order valence-corrected chi connectivity index (χ1v) is 4.66. The van der Waals surface area contributed by atoms with Crippen LogP contribution in [-0.4, -0.2) is 5.97 Å². The lowest BCUT2D eigenvalue weighted by atomic mass is 10.1. The van der Waals surface area contributed by atoms with Crippen molar-refractivity contribution in [3.63, 3.8) is 0 Å². The van der Waals surface area contributed by atoms with Crippen LogP contribution in [-0.2, 0) is 9.53 Å². The SMILES string of the molecule is Br.CC(C)=CC1C(C(=O)OC#N)C1(C)C. The summed E-state index contributed by atoms with van der Waals surface area (Å²) in [6, 6.07) is 0. The molecule has 0 amide bonds. The van der Waals surface area contributed by atoms with Crippen molar-refractivity contribution in [2.75, 3.05) is 0 Å². The van der Waals surface area contributed by atoms with Crippen LogP contribution in [0.15, 0.2) is 11.6 Å². The highest BCUT2D eigenvalue weighted by Crippen LogP contribution is 2.59. The maximum absolute atomic E-state index is 11.3. The van der Waals surface area contributed by atoms with Crippen LogP contribution in [0.4, 0.5) is 0 Å². The monoisotopic (exact) mass is 273 g/mol. The fraction of sp³-hybridized carbons (Fsp3) is 0.636. The molecule has 1 saturated carbocycles. The summed E-state index contributed by atoms with van der Waals surface area (Å²) in [5.74, 6) is -0.342. The van der Waals surface area contributed by atoms with Crippen molar-refractivity contribution < 1.29 is 9.53 Å². The zero-order chi connectivity index (χ0) is 10.9. The molecule has 4 heteroatoms. The first kappa shape index (κ1) is 14.2. The number of allylic oxidation sites excluding steroid dienone is 2. The molecule has 0 aromatic heterocycles. The topological polar surface area (TPSA) is 50.1 Å². The molecule has 0 bridgehead atoms. The summed E-state index contributed by atoms with van der Waals surface area (Å²) in [5, 5.41) is 8.24. The third-order valence-electron chi connectivity index (χ3n) is 2.82. The summed E-state index contributed by atoms with van der Waals surface area (Å²) in [4.78, 5) is 11.3. The largest absolute Gasteiger partial charge is 0.351 e. The molecule has 1 fully saturated rings. The molecular weight excluding hydrogens is 258 g/mol. The Morgan fingerprint density at radius 1 is 1.47 bits per heavy atom. The maximum atomic E-state index is 11.3. The lowest BCUT2D eigenvalue weighted by Gasteiger charge is -1.97. The molecule has 1 rings (SSSR count). The Labute approximate surface area is 101 Å². The van der Waals surface area contributed by atoms with Crippen LogP contribution >= 0.6 is 17.0 Å². The molecule has 2 atom stereocenters. The van der Waals surface area contributed by atoms with Crippen LogP contribution in [0.25, 0.3) is 0 Å². The van der Waals surface area contributed by atoms with Gasteiger partial charge in [0, 0.05) is 0 Å². The highest BCUT2D eigenvalue weighted by atomic mass is 79.9. The zero-order valence-electron chi connectivity index (χ0n) is 9.40. The molecule has 3 nitrogen and oxygen atoms in total. The van der Waals surface area contributed by atoms with Crippen molar-refractivity contribution in [3.8, 4) is 6.26 Å². The van der Waals surface area contributed by atoms with Crippen LogP contribution < -0.4 is 0 Å². The second-order valence-electron chi connectivity index (χ2n) is 4.58. The second kappa shape index (κ2) is 4.80. The van der Waals surface area contributed by atoms with E-state index in [0.717, 1.165) is 0 Å². The molecule has 0 aromatic rings. The Bertz CT molecular complexity index is 324. The van der Waals surface area contributed by atoms with Gasteiger partial charge in [0.1, 0.15) is 0 Å². The van der Waals surface area contributed by atoms with Crippen LogP contribution in [0.5, 0.6) is 0 Å². The first-order valence-electron chi connectivity index (χ1n) is 4.66. The van der Waals surface area contributed by atoms with Gasteiger partial charge < -0.3 is 4.74 Å². The van der Waals surface area contributed by atoms with Gasteiger partial charge in [0.25, 0.3) is 6.26 Å². The molecule has 84 valence electrons. The Morgan fingerprint density at radius 3 is 2.40 bits per heavy atom. The molecule has 0 aromatic carbocycles. The van der Waals surface area contributed by atoms with Crippen LogP contribution in [0, 0.1) is 28.8 Å². The number of hydrogen-bond donors (Lipinski definition) is 0. The molecule has 1 aliphatic carbocycles. The molecule has 0 saturated heterocycles. The second-order valence-corrected chi connectivity index (χ2v) is 4.58. The minimum atomic E-state index is -0.403. The van der Waals surface area contributed by atoms with Gasteiger partial charge in [-0.25, -0.2) is 0 Å². The smallest absolute Gasteiger partial charge is 0.325 e. The summed E-state index contributed by atoms with van der Waals surface area (Å²) in [6.07, 6.45) is 3.50. The van der Waals surface area contributed by atoms with E-state index >= 15 is 0 Å². The van der Waals surface area contributed by atoms with E-state index in [0.29, 0.717) is 0 Å². The van der Waals surface area contributed by atoms with E-state index in [1.54, 1.807) is 0 Å². The molecule has 1 aliphatic rings. The number of nitriles is 1. The van der Waals surface area contributed by atoms with Gasteiger partial charge in [0.15, 0.2) is 0 Å². The molecule has 0 spiro atoms. The number of carbonyl (C=O) groups is 1. The number of esters is 1. The van der Waals surface area contributed by atoms with Gasteiger partial charge >= 0.3 is 5.97 Å². The Balaban J connectivity index is 0.00000196. The van der Waals surface area contributed by atoms with Crippen molar-refractivity contribution in [3.05, 3.63) is 11.6 Å². The average Bonchev–Trinajstić information content (AvgIpc) is 2.52. The lowest BCUT2D eigenvalue weighted by Crippen LogP contribution is -2.07. The van der Waals surface area contributed by atoms with Crippen molar-refractivity contribution in [1.29, 1.82) is 5.26 Å². The van der Waals surface area contributed by atoms with Crippen molar-refractivity contribution in [1.82, 2.24) is 0 Å². The fourth-order valence-corrected chi connectivity index (χ4v) is 1.91. The van der Waals surface area contributed by atoms with Gasteiger partial charge in [-0.05, 0) is 25.2 Å². The van der Waals surface area contributed by atoms with E-state index in [9.17, 15) is 4.79 Å². The Kier molecular flexibility index (Phi) is 4.54. The van der Waals surface area contributed by atoms with Gasteiger partial charge in [-0.3, -0.25) is 4.79 Å². The van der Waals surface area contributed by atoms with Gasteiger partial charge in [-0.1, -0.05) is 25.5 Å². The number of hydrogen-bond acceptors (Lipinski definition) is 3. The quantitative estimate of drug-likeness (QED) is 0.442. The van der Waals surface area contributed by atoms with E-state index in [1.807, 2.05) is 27.7 Å². The summed E-state index contributed by atoms with van der Waals surface area (Å²) in [7, 11) is 0. The minimum Gasteiger partial charge on any atom is -0.351 e. The number of ether oxygens (including phenoxy) is 1. The number of carbonyl (C=O) groups excluding carboxylic acids is 1. The van der Waals surface area contributed by atoms with E-state index in [1.165, 1.54) is 11.8 Å². The molecule has 2 unspecified atom stereocenters. The predicted molar refractivity (Wildman–Crippen MR) is 62.2 cm³/mol. The summed E-state index contributed by atoms with van der Waals surface area (Å²) in [5.41, 5.74) is 1.13. The number of rotatable bonds is 2. The third kappa shape index (κ3) is 2.82. The van der Waals surface area contributed by atoms with Crippen LogP contribution in [0.2, 0.25) is 0 Å². The van der Waals surface area contributed by atoms with Crippen molar-refractivity contribution in [2.24, 2.45) is 17.3 Å². The fourth-order valence-electron chi connectivity index (χ4n) is 1.91. The molecule has 0 radical (unpaired) electrons.